The second kappa shape index (κ2) is 7.78. The van der Waals surface area contributed by atoms with Crippen LogP contribution in [0.25, 0.3) is 0 Å². The Bertz CT molecular complexity index is 438. The maximum Gasteiger partial charge on any atom is 0.119 e. The highest BCUT2D eigenvalue weighted by molar-refractivity contribution is 5.31. The first-order valence-corrected chi connectivity index (χ1v) is 8.02. The summed E-state index contributed by atoms with van der Waals surface area (Å²) in [4.78, 5) is 4.91. The predicted molar refractivity (Wildman–Crippen MR) is 87.7 cm³/mol. The van der Waals surface area contributed by atoms with E-state index in [0.717, 1.165) is 38.4 Å². The molecule has 1 heterocycles. The highest BCUT2D eigenvalue weighted by Crippen LogP contribution is 2.25. The van der Waals surface area contributed by atoms with Crippen LogP contribution >= 0.6 is 0 Å². The molecule has 118 valence electrons. The third kappa shape index (κ3) is 4.19. The second-order valence-corrected chi connectivity index (χ2v) is 6.00. The summed E-state index contributed by atoms with van der Waals surface area (Å²) in [5, 5.41) is 0. The van der Waals surface area contributed by atoms with Crippen molar-refractivity contribution in [3.8, 4) is 5.75 Å². The maximum absolute atomic E-state index is 6.07. The molecule has 2 atom stereocenters. The van der Waals surface area contributed by atoms with Crippen molar-refractivity contribution in [3.63, 3.8) is 0 Å². The summed E-state index contributed by atoms with van der Waals surface area (Å²) in [5.74, 6) is 0.954. The number of ether oxygens (including phenoxy) is 1. The SMILES string of the molecule is CCCOc1cccc(C(CN)N2CCN(C)C(C)C2)c1. The van der Waals surface area contributed by atoms with Crippen molar-refractivity contribution < 1.29 is 4.74 Å². The molecule has 0 amide bonds. The van der Waals surface area contributed by atoms with Crippen LogP contribution in [0.2, 0.25) is 0 Å². The maximum atomic E-state index is 6.07. The zero-order valence-electron chi connectivity index (χ0n) is 13.6. The summed E-state index contributed by atoms with van der Waals surface area (Å²) in [6.07, 6.45) is 1.03. The normalized spacial score (nSPS) is 22.2. The topological polar surface area (TPSA) is 41.7 Å². The van der Waals surface area contributed by atoms with E-state index in [9.17, 15) is 0 Å². The Labute approximate surface area is 128 Å². The van der Waals surface area contributed by atoms with E-state index in [1.54, 1.807) is 0 Å². The number of piperazine rings is 1. The van der Waals surface area contributed by atoms with Gasteiger partial charge in [-0.1, -0.05) is 19.1 Å². The lowest BCUT2D eigenvalue weighted by atomic mass is 10.0. The first-order valence-electron chi connectivity index (χ1n) is 8.02. The van der Waals surface area contributed by atoms with Crippen LogP contribution in [0.15, 0.2) is 24.3 Å². The van der Waals surface area contributed by atoms with Crippen LogP contribution in [-0.2, 0) is 0 Å². The van der Waals surface area contributed by atoms with Gasteiger partial charge in [0.2, 0.25) is 0 Å². The fraction of sp³-hybridized carbons (Fsp3) is 0.647. The van der Waals surface area contributed by atoms with E-state index < -0.39 is 0 Å². The van der Waals surface area contributed by atoms with Gasteiger partial charge in [-0.2, -0.15) is 0 Å². The van der Waals surface area contributed by atoms with Gasteiger partial charge in [-0.3, -0.25) is 4.90 Å². The number of benzene rings is 1. The van der Waals surface area contributed by atoms with Crippen molar-refractivity contribution in [2.75, 3.05) is 39.8 Å². The average Bonchev–Trinajstić information content (AvgIpc) is 2.50. The third-order valence-corrected chi connectivity index (χ3v) is 4.37. The van der Waals surface area contributed by atoms with E-state index in [2.05, 4.69) is 48.9 Å². The monoisotopic (exact) mass is 291 g/mol. The van der Waals surface area contributed by atoms with Crippen molar-refractivity contribution in [2.45, 2.75) is 32.4 Å². The van der Waals surface area contributed by atoms with E-state index in [-0.39, 0.29) is 6.04 Å². The molecule has 2 N–H and O–H groups in total. The number of rotatable bonds is 6. The van der Waals surface area contributed by atoms with E-state index in [1.807, 2.05) is 6.07 Å². The lowest BCUT2D eigenvalue weighted by molar-refractivity contribution is 0.0740. The summed E-state index contributed by atoms with van der Waals surface area (Å²) in [5.41, 5.74) is 7.34. The molecule has 1 saturated heterocycles. The molecule has 0 aromatic heterocycles. The number of likely N-dealkylation sites (N-methyl/N-ethyl adjacent to an activating group) is 1. The van der Waals surface area contributed by atoms with E-state index in [0.29, 0.717) is 12.6 Å². The van der Waals surface area contributed by atoms with Crippen LogP contribution in [0.3, 0.4) is 0 Å². The molecule has 2 unspecified atom stereocenters. The standard InChI is InChI=1S/C17H29N3O/c1-4-10-21-16-7-5-6-15(11-16)17(12-18)20-9-8-19(3)14(2)13-20/h5-7,11,14,17H,4,8-10,12-13,18H2,1-3H3. The Morgan fingerprint density at radius 3 is 2.86 bits per heavy atom. The molecule has 1 fully saturated rings. The minimum atomic E-state index is 0.284. The first-order chi connectivity index (χ1) is 10.2. The smallest absolute Gasteiger partial charge is 0.119 e. The third-order valence-electron chi connectivity index (χ3n) is 4.37. The molecule has 4 nitrogen and oxygen atoms in total. The van der Waals surface area contributed by atoms with Crippen LogP contribution in [0, 0.1) is 0 Å². The van der Waals surface area contributed by atoms with Crippen LogP contribution in [0.1, 0.15) is 31.9 Å². The van der Waals surface area contributed by atoms with Gasteiger partial charge in [-0.15, -0.1) is 0 Å². The number of nitrogens with two attached hydrogens (primary N) is 1. The van der Waals surface area contributed by atoms with Crippen LogP contribution in [0.4, 0.5) is 0 Å². The Morgan fingerprint density at radius 2 is 2.19 bits per heavy atom. The highest BCUT2D eigenvalue weighted by atomic mass is 16.5. The predicted octanol–water partition coefficient (Wildman–Crippen LogP) is 2.11. The van der Waals surface area contributed by atoms with Crippen molar-refractivity contribution in [1.82, 2.24) is 9.80 Å². The summed E-state index contributed by atoms with van der Waals surface area (Å²) in [6, 6.07) is 9.27. The molecule has 0 saturated carbocycles. The molecule has 1 aliphatic rings. The molecular formula is C17H29N3O. The van der Waals surface area contributed by atoms with Crippen LogP contribution in [0.5, 0.6) is 5.75 Å². The molecule has 21 heavy (non-hydrogen) atoms. The van der Waals surface area contributed by atoms with Crippen molar-refractivity contribution >= 4 is 0 Å². The zero-order chi connectivity index (χ0) is 15.2. The lowest BCUT2D eigenvalue weighted by Gasteiger charge is -2.41. The van der Waals surface area contributed by atoms with Gasteiger partial charge in [0, 0.05) is 38.3 Å². The average molecular weight is 291 g/mol. The van der Waals surface area contributed by atoms with Gasteiger partial charge in [-0.05, 0) is 38.1 Å². The summed E-state index contributed by atoms with van der Waals surface area (Å²) in [6.45, 7) is 9.06. The largest absolute Gasteiger partial charge is 0.494 e. The molecule has 0 radical (unpaired) electrons. The Balaban J connectivity index is 2.09. The van der Waals surface area contributed by atoms with E-state index in [4.69, 9.17) is 10.5 Å². The molecule has 2 rings (SSSR count). The van der Waals surface area contributed by atoms with Crippen molar-refractivity contribution in [3.05, 3.63) is 29.8 Å². The molecule has 0 aliphatic carbocycles. The summed E-state index contributed by atoms with van der Waals surface area (Å²) < 4.78 is 5.75. The Kier molecular flexibility index (Phi) is 6.03. The van der Waals surface area contributed by atoms with Gasteiger partial charge in [0.05, 0.1) is 6.61 Å². The number of hydrogen-bond donors (Lipinski definition) is 1. The summed E-state index contributed by atoms with van der Waals surface area (Å²) >= 11 is 0. The molecule has 1 aromatic rings. The van der Waals surface area contributed by atoms with Gasteiger partial charge in [-0.25, -0.2) is 0 Å². The van der Waals surface area contributed by atoms with E-state index >= 15 is 0 Å². The number of hydrogen-bond acceptors (Lipinski definition) is 4. The quantitative estimate of drug-likeness (QED) is 0.871. The second-order valence-electron chi connectivity index (χ2n) is 6.00. The minimum absolute atomic E-state index is 0.284. The van der Waals surface area contributed by atoms with Gasteiger partial charge in [0.1, 0.15) is 5.75 Å². The van der Waals surface area contributed by atoms with Crippen LogP contribution in [-0.4, -0.2) is 55.7 Å². The molecule has 1 aromatic carbocycles. The highest BCUT2D eigenvalue weighted by Gasteiger charge is 2.26. The molecule has 4 heteroatoms. The van der Waals surface area contributed by atoms with Crippen molar-refractivity contribution in [2.24, 2.45) is 5.73 Å². The Hall–Kier alpha value is -1.10. The van der Waals surface area contributed by atoms with Crippen LogP contribution < -0.4 is 10.5 Å². The molecule has 0 spiro atoms. The van der Waals surface area contributed by atoms with Gasteiger partial charge >= 0.3 is 0 Å². The summed E-state index contributed by atoms with van der Waals surface area (Å²) in [7, 11) is 2.19. The molecule has 1 aliphatic heterocycles. The zero-order valence-corrected chi connectivity index (χ0v) is 13.6. The fourth-order valence-corrected chi connectivity index (χ4v) is 2.89. The lowest BCUT2D eigenvalue weighted by Crippen LogP contribution is -2.52. The van der Waals surface area contributed by atoms with Gasteiger partial charge in [0.15, 0.2) is 0 Å². The molecule has 0 bridgehead atoms. The van der Waals surface area contributed by atoms with Gasteiger partial charge < -0.3 is 15.4 Å². The fourth-order valence-electron chi connectivity index (χ4n) is 2.89. The first kappa shape index (κ1) is 16.3. The molecular weight excluding hydrogens is 262 g/mol. The van der Waals surface area contributed by atoms with E-state index in [1.165, 1.54) is 5.56 Å². The Morgan fingerprint density at radius 1 is 1.38 bits per heavy atom. The van der Waals surface area contributed by atoms with Gasteiger partial charge in [0.25, 0.3) is 0 Å². The number of nitrogens with zero attached hydrogens (tertiary/aromatic N) is 2. The minimum Gasteiger partial charge on any atom is -0.494 e. The van der Waals surface area contributed by atoms with Crippen molar-refractivity contribution in [1.29, 1.82) is 0 Å².